The largest absolute Gasteiger partial charge is 0.381 e. The highest BCUT2D eigenvalue weighted by molar-refractivity contribution is 7.03. The number of hydrogen-bond donors (Lipinski definition) is 1. The Kier molecular flexibility index (Phi) is 3.42. The van der Waals surface area contributed by atoms with Gasteiger partial charge < -0.3 is 14.8 Å². The quantitative estimate of drug-likeness (QED) is 0.829. The first-order valence-electron chi connectivity index (χ1n) is 6.26. The molecule has 1 aromatic heterocycles. The molecule has 2 aliphatic heterocycles. The van der Waals surface area contributed by atoms with Gasteiger partial charge in [0.1, 0.15) is 0 Å². The van der Waals surface area contributed by atoms with Crippen molar-refractivity contribution in [3.05, 3.63) is 17.1 Å². The molecule has 2 aliphatic rings. The molecule has 1 aromatic rings. The van der Waals surface area contributed by atoms with Crippen molar-refractivity contribution in [3.8, 4) is 0 Å². The van der Waals surface area contributed by atoms with E-state index >= 15 is 0 Å². The molecular weight excluding hydrogens is 236 g/mol. The Hall–Kier alpha value is -0.490. The molecule has 4 nitrogen and oxygen atoms in total. The van der Waals surface area contributed by atoms with Gasteiger partial charge in [0, 0.05) is 31.6 Å². The molecule has 3 rings (SSSR count). The minimum absolute atomic E-state index is 0.108. The minimum atomic E-state index is -0.108. The van der Waals surface area contributed by atoms with Crippen molar-refractivity contribution >= 4 is 11.5 Å². The van der Waals surface area contributed by atoms with E-state index in [1.165, 1.54) is 11.5 Å². The number of morpholine rings is 1. The maximum absolute atomic E-state index is 6.14. The molecule has 94 valence electrons. The van der Waals surface area contributed by atoms with E-state index < -0.39 is 0 Å². The van der Waals surface area contributed by atoms with E-state index in [0.29, 0.717) is 0 Å². The van der Waals surface area contributed by atoms with Gasteiger partial charge in [0.15, 0.2) is 0 Å². The van der Waals surface area contributed by atoms with Gasteiger partial charge in [-0.05, 0) is 30.4 Å². The number of nitrogens with one attached hydrogen (secondary N) is 1. The lowest BCUT2D eigenvalue weighted by Gasteiger charge is -2.43. The van der Waals surface area contributed by atoms with E-state index in [9.17, 15) is 0 Å². The van der Waals surface area contributed by atoms with Gasteiger partial charge in [0.05, 0.1) is 23.9 Å². The predicted octanol–water partition coefficient (Wildman–Crippen LogP) is 1.74. The van der Waals surface area contributed by atoms with E-state index in [1.54, 1.807) is 0 Å². The summed E-state index contributed by atoms with van der Waals surface area (Å²) in [5.74, 6) is 0. The zero-order valence-corrected chi connectivity index (χ0v) is 10.7. The first-order valence-corrected chi connectivity index (χ1v) is 7.10. The van der Waals surface area contributed by atoms with Crippen LogP contribution in [0.15, 0.2) is 11.4 Å². The summed E-state index contributed by atoms with van der Waals surface area (Å²) in [6.07, 6.45) is 3.09. The summed E-state index contributed by atoms with van der Waals surface area (Å²) < 4.78 is 16.2. The average molecular weight is 254 g/mol. The maximum Gasteiger partial charge on any atom is 0.0915 e. The van der Waals surface area contributed by atoms with Gasteiger partial charge in [0.25, 0.3) is 0 Å². The fourth-order valence-electron chi connectivity index (χ4n) is 2.85. The first kappa shape index (κ1) is 11.6. The molecule has 17 heavy (non-hydrogen) atoms. The van der Waals surface area contributed by atoms with Crippen molar-refractivity contribution in [2.75, 3.05) is 26.4 Å². The molecule has 0 radical (unpaired) electrons. The van der Waals surface area contributed by atoms with Crippen LogP contribution in [0.2, 0.25) is 0 Å². The van der Waals surface area contributed by atoms with Crippen LogP contribution in [-0.4, -0.2) is 36.3 Å². The van der Waals surface area contributed by atoms with Crippen LogP contribution in [-0.2, 0) is 9.47 Å². The Labute approximate surface area is 105 Å². The normalized spacial score (nSPS) is 34.7. The number of nitrogens with zero attached hydrogens (tertiary/aromatic N) is 1. The van der Waals surface area contributed by atoms with Crippen LogP contribution in [0.3, 0.4) is 0 Å². The van der Waals surface area contributed by atoms with Crippen LogP contribution in [0.5, 0.6) is 0 Å². The van der Waals surface area contributed by atoms with Crippen molar-refractivity contribution in [2.45, 2.75) is 30.9 Å². The molecule has 0 aromatic carbocycles. The minimum Gasteiger partial charge on any atom is -0.381 e. The molecule has 2 fully saturated rings. The van der Waals surface area contributed by atoms with E-state index in [4.69, 9.17) is 9.47 Å². The maximum atomic E-state index is 6.14. The van der Waals surface area contributed by atoms with E-state index in [-0.39, 0.29) is 11.6 Å². The number of rotatable bonds is 1. The molecule has 2 unspecified atom stereocenters. The van der Waals surface area contributed by atoms with Crippen LogP contribution >= 0.6 is 11.5 Å². The number of ether oxygens (including phenoxy) is 2. The second-order valence-corrected chi connectivity index (χ2v) is 5.36. The topological polar surface area (TPSA) is 43.4 Å². The molecule has 1 spiro atoms. The lowest BCUT2D eigenvalue weighted by atomic mass is 9.83. The van der Waals surface area contributed by atoms with Crippen molar-refractivity contribution in [1.82, 2.24) is 9.69 Å². The van der Waals surface area contributed by atoms with Gasteiger partial charge in [-0.3, -0.25) is 0 Å². The van der Waals surface area contributed by atoms with Gasteiger partial charge in [-0.1, -0.05) is 0 Å². The lowest BCUT2D eigenvalue weighted by molar-refractivity contribution is -0.109. The Morgan fingerprint density at radius 2 is 2.35 bits per heavy atom. The summed E-state index contributed by atoms with van der Waals surface area (Å²) in [6, 6.07) is 2.33. The van der Waals surface area contributed by atoms with Gasteiger partial charge in [-0.15, -0.1) is 0 Å². The third-order valence-electron chi connectivity index (χ3n) is 3.68. The first-order chi connectivity index (χ1) is 8.41. The third-order valence-corrected chi connectivity index (χ3v) is 4.25. The van der Waals surface area contributed by atoms with Crippen LogP contribution in [0, 0.1) is 0 Å². The summed E-state index contributed by atoms with van der Waals surface area (Å²) in [5, 5.41) is 5.61. The van der Waals surface area contributed by atoms with Crippen molar-refractivity contribution in [3.63, 3.8) is 0 Å². The second kappa shape index (κ2) is 5.02. The van der Waals surface area contributed by atoms with Gasteiger partial charge >= 0.3 is 0 Å². The molecule has 0 saturated carbocycles. The van der Waals surface area contributed by atoms with Crippen LogP contribution in [0.25, 0.3) is 0 Å². The molecule has 0 amide bonds. The third kappa shape index (κ3) is 2.25. The number of hydrogen-bond acceptors (Lipinski definition) is 5. The molecule has 0 bridgehead atoms. The summed E-state index contributed by atoms with van der Waals surface area (Å²) in [5.41, 5.74) is 1.01. The monoisotopic (exact) mass is 254 g/mol. The summed E-state index contributed by atoms with van der Waals surface area (Å²) >= 11 is 1.51. The van der Waals surface area contributed by atoms with Gasteiger partial charge in [-0.2, -0.15) is 4.37 Å². The molecule has 0 aliphatic carbocycles. The Morgan fingerprint density at radius 3 is 3.24 bits per heavy atom. The molecule has 2 atom stereocenters. The highest BCUT2D eigenvalue weighted by Gasteiger charge is 2.44. The Morgan fingerprint density at radius 1 is 1.35 bits per heavy atom. The van der Waals surface area contributed by atoms with Gasteiger partial charge in [0.2, 0.25) is 0 Å². The zero-order valence-electron chi connectivity index (χ0n) is 9.85. The molecule has 1 N–H and O–H groups in total. The van der Waals surface area contributed by atoms with Crippen molar-refractivity contribution in [1.29, 1.82) is 0 Å². The van der Waals surface area contributed by atoms with E-state index in [1.807, 2.05) is 5.38 Å². The fraction of sp³-hybridized carbons (Fsp3) is 0.750. The van der Waals surface area contributed by atoms with E-state index in [0.717, 1.165) is 51.3 Å². The summed E-state index contributed by atoms with van der Waals surface area (Å²) in [4.78, 5) is 0. The highest BCUT2D eigenvalue weighted by atomic mass is 32.1. The molecular formula is C12H18N2O2S. The van der Waals surface area contributed by atoms with Crippen molar-refractivity contribution < 1.29 is 9.47 Å². The molecule has 3 heterocycles. The molecule has 2 saturated heterocycles. The van der Waals surface area contributed by atoms with Gasteiger partial charge in [-0.25, -0.2) is 0 Å². The smallest absolute Gasteiger partial charge is 0.0915 e. The van der Waals surface area contributed by atoms with Crippen LogP contribution in [0.1, 0.15) is 31.0 Å². The fourth-order valence-corrected chi connectivity index (χ4v) is 3.40. The van der Waals surface area contributed by atoms with E-state index in [2.05, 4.69) is 15.8 Å². The standard InChI is InChI=1S/C12H18N2O2S/c1-3-12(4-7-15-6-1)11(13-5-8-16-12)10-2-9-17-14-10/h2,9,11,13H,1,3-8H2. The summed E-state index contributed by atoms with van der Waals surface area (Å²) in [6.45, 7) is 3.35. The highest BCUT2D eigenvalue weighted by Crippen LogP contribution is 2.39. The zero-order chi connectivity index (χ0) is 11.6. The summed E-state index contributed by atoms with van der Waals surface area (Å²) in [7, 11) is 0. The second-order valence-electron chi connectivity index (χ2n) is 4.69. The average Bonchev–Trinajstić information content (AvgIpc) is 2.79. The Balaban J connectivity index is 1.87. The number of aromatic nitrogens is 1. The van der Waals surface area contributed by atoms with Crippen molar-refractivity contribution in [2.24, 2.45) is 0 Å². The lowest BCUT2D eigenvalue weighted by Crippen LogP contribution is -2.52. The Bertz CT molecular complexity index is 347. The van der Waals surface area contributed by atoms with Crippen LogP contribution in [0.4, 0.5) is 0 Å². The molecule has 5 heteroatoms. The van der Waals surface area contributed by atoms with Crippen LogP contribution < -0.4 is 5.32 Å². The predicted molar refractivity (Wildman–Crippen MR) is 66.2 cm³/mol. The SMILES string of the molecule is c1cc(C2NCCOC23CCCOCC3)ns1.